The van der Waals surface area contributed by atoms with Crippen LogP contribution in [0.2, 0.25) is 0 Å². The Bertz CT molecular complexity index is 698. The standard InChI is InChI=1S/C11H13ClN6O/c1-3-7-10-11(17(2)15-7)18(9(4-12)14-10)5-8-13-6-19-16-8/h6H,3-5H2,1-2H3. The summed E-state index contributed by atoms with van der Waals surface area (Å²) in [4.78, 5) is 8.60. The zero-order valence-corrected chi connectivity index (χ0v) is 11.4. The topological polar surface area (TPSA) is 74.6 Å². The van der Waals surface area contributed by atoms with Crippen LogP contribution < -0.4 is 0 Å². The number of alkyl halides is 1. The van der Waals surface area contributed by atoms with E-state index in [1.165, 1.54) is 6.39 Å². The van der Waals surface area contributed by atoms with Crippen LogP contribution in [-0.2, 0) is 25.9 Å². The van der Waals surface area contributed by atoms with Crippen LogP contribution in [0.25, 0.3) is 11.2 Å². The zero-order chi connectivity index (χ0) is 13.4. The highest BCUT2D eigenvalue weighted by Gasteiger charge is 2.19. The molecule has 0 aliphatic carbocycles. The van der Waals surface area contributed by atoms with Crippen LogP contribution in [0.3, 0.4) is 0 Å². The van der Waals surface area contributed by atoms with Gasteiger partial charge in [-0.25, -0.2) is 4.98 Å². The van der Waals surface area contributed by atoms with Gasteiger partial charge in [0.2, 0.25) is 6.39 Å². The maximum atomic E-state index is 5.97. The van der Waals surface area contributed by atoms with Crippen molar-refractivity contribution >= 4 is 22.8 Å². The molecular formula is C11H13ClN6O. The van der Waals surface area contributed by atoms with Gasteiger partial charge < -0.3 is 9.09 Å². The quantitative estimate of drug-likeness (QED) is 0.677. The van der Waals surface area contributed by atoms with Crippen molar-refractivity contribution in [2.24, 2.45) is 7.05 Å². The Labute approximate surface area is 114 Å². The van der Waals surface area contributed by atoms with Crippen molar-refractivity contribution in [3.63, 3.8) is 0 Å². The smallest absolute Gasteiger partial charge is 0.213 e. The highest BCUT2D eigenvalue weighted by atomic mass is 35.5. The van der Waals surface area contributed by atoms with Crippen molar-refractivity contribution in [1.82, 2.24) is 29.5 Å². The zero-order valence-electron chi connectivity index (χ0n) is 10.7. The minimum Gasteiger partial charge on any atom is -0.343 e. The molecule has 3 heterocycles. The highest BCUT2D eigenvalue weighted by molar-refractivity contribution is 6.16. The second kappa shape index (κ2) is 4.65. The first-order valence-electron chi connectivity index (χ1n) is 5.96. The second-order valence-electron chi connectivity index (χ2n) is 4.19. The monoisotopic (exact) mass is 280 g/mol. The number of imidazole rings is 1. The van der Waals surface area contributed by atoms with Gasteiger partial charge in [0.15, 0.2) is 11.5 Å². The Kier molecular flexibility index (Phi) is 2.98. The first-order valence-corrected chi connectivity index (χ1v) is 6.50. The van der Waals surface area contributed by atoms with Gasteiger partial charge in [-0.15, -0.1) is 11.6 Å². The van der Waals surface area contributed by atoms with Crippen molar-refractivity contribution in [3.8, 4) is 0 Å². The lowest BCUT2D eigenvalue weighted by molar-refractivity contribution is 0.408. The molecule has 0 radical (unpaired) electrons. The minimum absolute atomic E-state index is 0.329. The predicted molar refractivity (Wildman–Crippen MR) is 68.8 cm³/mol. The number of halogens is 1. The third kappa shape index (κ3) is 1.90. The number of aryl methyl sites for hydroxylation is 2. The van der Waals surface area contributed by atoms with Gasteiger partial charge >= 0.3 is 0 Å². The van der Waals surface area contributed by atoms with Crippen molar-refractivity contribution in [2.45, 2.75) is 25.8 Å². The SMILES string of the molecule is CCc1nn(C)c2c1nc(CCl)n2Cc1ncon1. The molecule has 0 aliphatic heterocycles. The van der Waals surface area contributed by atoms with Crippen LogP contribution in [0.4, 0.5) is 0 Å². The number of hydrogen-bond acceptors (Lipinski definition) is 5. The van der Waals surface area contributed by atoms with Gasteiger partial charge in [-0.05, 0) is 6.42 Å². The Morgan fingerprint density at radius 2 is 2.26 bits per heavy atom. The molecule has 0 aromatic carbocycles. The van der Waals surface area contributed by atoms with E-state index in [1.54, 1.807) is 0 Å². The summed E-state index contributed by atoms with van der Waals surface area (Å²) in [5.41, 5.74) is 2.79. The summed E-state index contributed by atoms with van der Waals surface area (Å²) in [5.74, 6) is 1.70. The van der Waals surface area contributed by atoms with E-state index in [0.29, 0.717) is 18.2 Å². The van der Waals surface area contributed by atoms with E-state index in [9.17, 15) is 0 Å². The summed E-state index contributed by atoms with van der Waals surface area (Å²) in [5, 5.41) is 8.28. The molecule has 3 aromatic heterocycles. The van der Waals surface area contributed by atoms with Crippen molar-refractivity contribution in [1.29, 1.82) is 0 Å². The summed E-state index contributed by atoms with van der Waals surface area (Å²) < 4.78 is 8.54. The number of nitrogens with zero attached hydrogens (tertiary/aromatic N) is 6. The molecule has 0 atom stereocenters. The number of rotatable bonds is 4. The van der Waals surface area contributed by atoms with Crippen LogP contribution >= 0.6 is 11.6 Å². The number of fused-ring (bicyclic) bond motifs is 1. The average molecular weight is 281 g/mol. The Morgan fingerprint density at radius 3 is 2.89 bits per heavy atom. The summed E-state index contributed by atoms with van der Waals surface area (Å²) in [7, 11) is 1.90. The van der Waals surface area contributed by atoms with Crippen molar-refractivity contribution < 1.29 is 4.52 Å². The van der Waals surface area contributed by atoms with Gasteiger partial charge in [0.25, 0.3) is 0 Å². The van der Waals surface area contributed by atoms with Gasteiger partial charge in [-0.2, -0.15) is 10.1 Å². The van der Waals surface area contributed by atoms with Crippen molar-refractivity contribution in [3.05, 3.63) is 23.7 Å². The molecular weight excluding hydrogens is 268 g/mol. The molecule has 0 spiro atoms. The first kappa shape index (κ1) is 12.2. The number of aromatic nitrogens is 6. The summed E-state index contributed by atoms with van der Waals surface area (Å²) in [6.07, 6.45) is 2.14. The molecule has 0 saturated heterocycles. The normalized spacial score (nSPS) is 11.5. The molecule has 0 fully saturated rings. The molecule has 8 heteroatoms. The lowest BCUT2D eigenvalue weighted by Gasteiger charge is -2.04. The molecule has 3 aromatic rings. The summed E-state index contributed by atoms with van der Waals surface area (Å²) in [6.45, 7) is 2.53. The van der Waals surface area contributed by atoms with E-state index < -0.39 is 0 Å². The maximum Gasteiger partial charge on any atom is 0.213 e. The van der Waals surface area contributed by atoms with E-state index in [0.717, 1.165) is 29.1 Å². The van der Waals surface area contributed by atoms with Crippen LogP contribution in [0.1, 0.15) is 24.3 Å². The molecule has 0 N–H and O–H groups in total. The van der Waals surface area contributed by atoms with Crippen LogP contribution in [0.5, 0.6) is 0 Å². The predicted octanol–water partition coefficient (Wildman–Crippen LogP) is 1.50. The largest absolute Gasteiger partial charge is 0.343 e. The van der Waals surface area contributed by atoms with E-state index in [2.05, 4.69) is 27.1 Å². The second-order valence-corrected chi connectivity index (χ2v) is 4.46. The Hall–Kier alpha value is -1.89. The highest BCUT2D eigenvalue weighted by Crippen LogP contribution is 2.21. The molecule has 19 heavy (non-hydrogen) atoms. The minimum atomic E-state index is 0.329. The van der Waals surface area contributed by atoms with Gasteiger partial charge in [0.05, 0.1) is 18.1 Å². The van der Waals surface area contributed by atoms with Gasteiger partial charge in [0, 0.05) is 7.05 Å². The molecule has 0 unspecified atom stereocenters. The first-order chi connectivity index (χ1) is 9.24. The summed E-state index contributed by atoms with van der Waals surface area (Å²) in [6, 6.07) is 0. The van der Waals surface area contributed by atoms with Gasteiger partial charge in [-0.1, -0.05) is 12.1 Å². The lowest BCUT2D eigenvalue weighted by atomic mass is 10.3. The average Bonchev–Trinajstić information content (AvgIpc) is 3.09. The third-order valence-electron chi connectivity index (χ3n) is 3.03. The molecule has 3 rings (SSSR count). The van der Waals surface area contributed by atoms with Crippen molar-refractivity contribution in [2.75, 3.05) is 0 Å². The van der Waals surface area contributed by atoms with E-state index >= 15 is 0 Å². The molecule has 100 valence electrons. The number of hydrogen-bond donors (Lipinski definition) is 0. The Morgan fingerprint density at radius 1 is 1.42 bits per heavy atom. The molecule has 7 nitrogen and oxygen atoms in total. The molecule has 0 bridgehead atoms. The van der Waals surface area contributed by atoms with E-state index in [-0.39, 0.29) is 0 Å². The maximum absolute atomic E-state index is 5.97. The summed E-state index contributed by atoms with van der Waals surface area (Å²) >= 11 is 5.97. The molecule has 0 saturated carbocycles. The fraction of sp³-hybridized carbons (Fsp3) is 0.455. The van der Waals surface area contributed by atoms with Crippen LogP contribution in [-0.4, -0.2) is 29.5 Å². The third-order valence-corrected chi connectivity index (χ3v) is 3.27. The van der Waals surface area contributed by atoms with Crippen LogP contribution in [0, 0.1) is 0 Å². The molecule has 0 aliphatic rings. The van der Waals surface area contributed by atoms with Gasteiger partial charge in [0.1, 0.15) is 11.3 Å². The van der Waals surface area contributed by atoms with E-state index in [1.807, 2.05) is 16.3 Å². The fourth-order valence-corrected chi connectivity index (χ4v) is 2.40. The van der Waals surface area contributed by atoms with Crippen LogP contribution in [0.15, 0.2) is 10.9 Å². The lowest BCUT2D eigenvalue weighted by Crippen LogP contribution is -2.08. The fourth-order valence-electron chi connectivity index (χ4n) is 2.20. The Balaban J connectivity index is 2.17. The van der Waals surface area contributed by atoms with Gasteiger partial charge in [-0.3, -0.25) is 4.68 Å². The molecule has 0 amide bonds. The van der Waals surface area contributed by atoms with E-state index in [4.69, 9.17) is 16.1 Å².